The quantitative estimate of drug-likeness (QED) is 0.840. The number of likely N-dealkylation sites (N-methyl/N-ethyl adjacent to an activating group) is 1. The van der Waals surface area contributed by atoms with Crippen LogP contribution in [0.2, 0.25) is 0 Å². The Bertz CT molecular complexity index is 345. The number of rotatable bonds is 4. The molecule has 0 bridgehead atoms. The normalized spacial score (nSPS) is 9.80. The van der Waals surface area contributed by atoms with E-state index in [0.29, 0.717) is 12.4 Å². The summed E-state index contributed by atoms with van der Waals surface area (Å²) in [5.74, 6) is 0.746. The maximum absolute atomic E-state index is 11.5. The van der Waals surface area contributed by atoms with Crippen molar-refractivity contribution in [1.82, 2.24) is 14.9 Å². The first kappa shape index (κ1) is 12.2. The highest BCUT2D eigenvalue weighted by molar-refractivity contribution is 14.1. The minimum absolute atomic E-state index is 0.0481. The lowest BCUT2D eigenvalue weighted by Gasteiger charge is -2.15. The number of amides is 1. The summed E-state index contributed by atoms with van der Waals surface area (Å²) in [6.45, 7) is 2.91. The van der Waals surface area contributed by atoms with Gasteiger partial charge in [-0.15, -0.1) is 0 Å². The lowest BCUT2D eigenvalue weighted by molar-refractivity contribution is -0.127. The van der Waals surface area contributed by atoms with Crippen molar-refractivity contribution in [3.8, 4) is 0 Å². The number of nitrogens with one attached hydrogen (secondary N) is 1. The van der Waals surface area contributed by atoms with E-state index in [9.17, 15) is 4.79 Å². The number of carbonyl (C=O) groups is 1. The molecule has 15 heavy (non-hydrogen) atoms. The van der Waals surface area contributed by atoms with Gasteiger partial charge in [0.15, 0.2) is 0 Å². The first-order valence-electron chi connectivity index (χ1n) is 4.58. The third kappa shape index (κ3) is 3.61. The van der Waals surface area contributed by atoms with Gasteiger partial charge in [-0.3, -0.25) is 4.79 Å². The van der Waals surface area contributed by atoms with E-state index in [1.807, 2.05) is 6.92 Å². The highest BCUT2D eigenvalue weighted by Gasteiger charge is 2.07. The van der Waals surface area contributed by atoms with Gasteiger partial charge < -0.3 is 10.2 Å². The van der Waals surface area contributed by atoms with Crippen molar-refractivity contribution in [3.63, 3.8) is 0 Å². The first-order chi connectivity index (χ1) is 7.15. The van der Waals surface area contributed by atoms with E-state index in [-0.39, 0.29) is 12.5 Å². The Balaban J connectivity index is 2.51. The number of aromatic nitrogens is 2. The molecule has 1 amide bonds. The van der Waals surface area contributed by atoms with Crippen LogP contribution in [0.1, 0.15) is 6.92 Å². The summed E-state index contributed by atoms with van der Waals surface area (Å²) < 4.78 is 0.905. The van der Waals surface area contributed by atoms with Crippen LogP contribution in [0.25, 0.3) is 0 Å². The molecule has 1 N–H and O–H groups in total. The Labute approximate surface area is 102 Å². The summed E-state index contributed by atoms with van der Waals surface area (Å²) in [7, 11) is 1.77. The van der Waals surface area contributed by atoms with E-state index in [1.54, 1.807) is 18.1 Å². The third-order valence-corrected chi connectivity index (χ3v) is 2.76. The smallest absolute Gasteiger partial charge is 0.241 e. The van der Waals surface area contributed by atoms with Crippen LogP contribution in [0, 0.1) is 3.57 Å². The summed E-state index contributed by atoms with van der Waals surface area (Å²) in [6, 6.07) is 0. The van der Waals surface area contributed by atoms with Gasteiger partial charge in [0.2, 0.25) is 5.91 Å². The molecular weight excluding hydrogens is 307 g/mol. The lowest BCUT2D eigenvalue weighted by Crippen LogP contribution is -2.32. The predicted octanol–water partition coefficient (Wildman–Crippen LogP) is 0.971. The average Bonchev–Trinajstić information content (AvgIpc) is 2.26. The highest BCUT2D eigenvalue weighted by Crippen LogP contribution is 2.11. The highest BCUT2D eigenvalue weighted by atomic mass is 127. The minimum atomic E-state index is 0.0481. The minimum Gasteiger partial charge on any atom is -0.360 e. The van der Waals surface area contributed by atoms with Crippen LogP contribution < -0.4 is 5.32 Å². The molecule has 1 aromatic rings. The molecular formula is C9H13IN4O. The van der Waals surface area contributed by atoms with Gasteiger partial charge in [0, 0.05) is 19.8 Å². The van der Waals surface area contributed by atoms with E-state index < -0.39 is 0 Å². The zero-order valence-electron chi connectivity index (χ0n) is 8.70. The second-order valence-electron chi connectivity index (χ2n) is 2.98. The second-order valence-corrected chi connectivity index (χ2v) is 4.14. The lowest BCUT2D eigenvalue weighted by atomic mass is 10.5. The molecule has 1 aromatic heterocycles. The van der Waals surface area contributed by atoms with Crippen molar-refractivity contribution in [2.45, 2.75) is 6.92 Å². The number of halogens is 1. The fourth-order valence-corrected chi connectivity index (χ4v) is 1.40. The van der Waals surface area contributed by atoms with Crippen molar-refractivity contribution in [1.29, 1.82) is 0 Å². The number of anilines is 1. The molecule has 0 aliphatic rings. The van der Waals surface area contributed by atoms with Gasteiger partial charge in [0.05, 0.1) is 10.1 Å². The fraction of sp³-hybridized carbons (Fsp3) is 0.444. The third-order valence-electron chi connectivity index (χ3n) is 1.97. The van der Waals surface area contributed by atoms with Crippen molar-refractivity contribution < 1.29 is 4.79 Å². The largest absolute Gasteiger partial charge is 0.360 e. The predicted molar refractivity (Wildman–Crippen MR) is 66.5 cm³/mol. The summed E-state index contributed by atoms with van der Waals surface area (Å²) in [4.78, 5) is 21.0. The Morgan fingerprint density at radius 2 is 2.40 bits per heavy atom. The Hall–Kier alpha value is -0.920. The molecule has 0 radical (unpaired) electrons. The zero-order valence-corrected chi connectivity index (χ0v) is 10.9. The van der Waals surface area contributed by atoms with Crippen LogP contribution in [0.3, 0.4) is 0 Å². The van der Waals surface area contributed by atoms with Gasteiger partial charge in [0.1, 0.15) is 12.1 Å². The molecule has 0 saturated heterocycles. The van der Waals surface area contributed by atoms with Gasteiger partial charge in [0.25, 0.3) is 0 Å². The van der Waals surface area contributed by atoms with Crippen LogP contribution in [0.4, 0.5) is 5.82 Å². The average molecular weight is 320 g/mol. The maximum atomic E-state index is 11.5. The topological polar surface area (TPSA) is 58.1 Å². The number of hydrogen-bond acceptors (Lipinski definition) is 4. The van der Waals surface area contributed by atoms with Crippen molar-refractivity contribution in [2.75, 3.05) is 25.5 Å². The molecule has 0 aliphatic carbocycles. The first-order valence-corrected chi connectivity index (χ1v) is 5.66. The molecule has 0 atom stereocenters. The Morgan fingerprint density at radius 3 is 3.00 bits per heavy atom. The molecule has 0 aromatic carbocycles. The van der Waals surface area contributed by atoms with Gasteiger partial charge in [-0.1, -0.05) is 0 Å². The molecule has 0 saturated carbocycles. The molecule has 1 heterocycles. The van der Waals surface area contributed by atoms with Gasteiger partial charge in [-0.2, -0.15) is 0 Å². The molecule has 0 spiro atoms. The van der Waals surface area contributed by atoms with Crippen molar-refractivity contribution in [2.24, 2.45) is 0 Å². The molecule has 6 heteroatoms. The van der Waals surface area contributed by atoms with Crippen molar-refractivity contribution in [3.05, 3.63) is 16.1 Å². The number of hydrogen-bond donors (Lipinski definition) is 1. The van der Waals surface area contributed by atoms with Crippen LogP contribution in [0.5, 0.6) is 0 Å². The molecule has 0 unspecified atom stereocenters. The summed E-state index contributed by atoms with van der Waals surface area (Å²) in [5, 5.41) is 2.98. The zero-order chi connectivity index (χ0) is 11.3. The number of carbonyl (C=O) groups excluding carboxylic acids is 1. The van der Waals surface area contributed by atoms with Crippen LogP contribution in [0.15, 0.2) is 12.5 Å². The summed E-state index contributed by atoms with van der Waals surface area (Å²) in [5.41, 5.74) is 0. The fourth-order valence-electron chi connectivity index (χ4n) is 0.913. The number of nitrogens with zero attached hydrogens (tertiary/aromatic N) is 3. The Morgan fingerprint density at radius 1 is 1.67 bits per heavy atom. The van der Waals surface area contributed by atoms with Gasteiger partial charge in [-0.25, -0.2) is 9.97 Å². The molecule has 82 valence electrons. The Kier molecular flexibility index (Phi) is 4.73. The molecule has 1 rings (SSSR count). The molecule has 5 nitrogen and oxygen atoms in total. The van der Waals surface area contributed by atoms with E-state index in [2.05, 4.69) is 37.9 Å². The van der Waals surface area contributed by atoms with E-state index >= 15 is 0 Å². The maximum Gasteiger partial charge on any atom is 0.241 e. The standard InChI is InChI=1S/C9H13IN4O/c1-3-14(2)8(15)5-12-9-7(10)4-11-6-13-9/h4,6H,3,5H2,1-2H3,(H,11,12,13). The van der Waals surface area contributed by atoms with Crippen LogP contribution >= 0.6 is 22.6 Å². The van der Waals surface area contributed by atoms with Gasteiger partial charge in [-0.05, 0) is 29.5 Å². The van der Waals surface area contributed by atoms with Crippen molar-refractivity contribution >= 4 is 34.3 Å². The SMILES string of the molecule is CCN(C)C(=O)CNc1ncncc1I. The van der Waals surface area contributed by atoms with E-state index in [4.69, 9.17) is 0 Å². The van der Waals surface area contributed by atoms with Crippen LogP contribution in [-0.4, -0.2) is 40.9 Å². The van der Waals surface area contributed by atoms with Crippen LogP contribution in [-0.2, 0) is 4.79 Å². The summed E-state index contributed by atoms with van der Waals surface area (Å²) in [6.07, 6.45) is 3.16. The second kappa shape index (κ2) is 5.84. The van der Waals surface area contributed by atoms with Gasteiger partial charge >= 0.3 is 0 Å². The van der Waals surface area contributed by atoms with E-state index in [1.165, 1.54) is 6.33 Å². The summed E-state index contributed by atoms with van der Waals surface area (Å²) >= 11 is 2.12. The monoisotopic (exact) mass is 320 g/mol. The van der Waals surface area contributed by atoms with E-state index in [0.717, 1.165) is 3.57 Å². The molecule has 0 fully saturated rings. The molecule has 0 aliphatic heterocycles.